The Kier molecular flexibility index (Phi) is 6.14. The van der Waals surface area contributed by atoms with Gasteiger partial charge in [-0.3, -0.25) is 19.1 Å². The minimum absolute atomic E-state index is 0.0988. The van der Waals surface area contributed by atoms with Crippen LogP contribution in [0.1, 0.15) is 49.3 Å². The molecule has 2 amide bonds. The predicted octanol–water partition coefficient (Wildman–Crippen LogP) is 2.69. The van der Waals surface area contributed by atoms with Crippen molar-refractivity contribution in [3.8, 4) is 11.8 Å². The molecule has 1 atom stereocenters. The first-order valence-electron chi connectivity index (χ1n) is 11.8. The number of fused-ring (bicyclic) bond motifs is 1. The number of para-hydroxylation sites is 1. The third-order valence-electron chi connectivity index (χ3n) is 6.42. The van der Waals surface area contributed by atoms with Gasteiger partial charge in [0, 0.05) is 32.3 Å². The van der Waals surface area contributed by atoms with Crippen molar-refractivity contribution >= 4 is 39.2 Å². The van der Waals surface area contributed by atoms with Crippen molar-refractivity contribution < 1.29 is 19.5 Å². The number of nitriles is 1. The zero-order valence-corrected chi connectivity index (χ0v) is 22.7. The van der Waals surface area contributed by atoms with Crippen LogP contribution in [0.4, 0.5) is 11.4 Å². The Morgan fingerprint density at radius 1 is 1.08 bits per heavy atom. The van der Waals surface area contributed by atoms with Gasteiger partial charge in [0.05, 0.1) is 35.5 Å². The van der Waals surface area contributed by atoms with Crippen LogP contribution < -0.4 is 10.2 Å². The van der Waals surface area contributed by atoms with Gasteiger partial charge in [-0.1, -0.05) is 18.2 Å². The Morgan fingerprint density at radius 2 is 1.82 bits per heavy atom. The van der Waals surface area contributed by atoms with Crippen molar-refractivity contribution in [2.24, 2.45) is 0 Å². The number of carbonyl (C=O) groups is 3. The van der Waals surface area contributed by atoms with Crippen LogP contribution in [0, 0.1) is 11.3 Å². The lowest BCUT2D eigenvalue weighted by Gasteiger charge is -2.42. The summed E-state index contributed by atoms with van der Waals surface area (Å²) in [4.78, 5) is 41.5. The first-order valence-corrected chi connectivity index (χ1v) is 12.8. The van der Waals surface area contributed by atoms with E-state index >= 15 is 0 Å². The monoisotopic (exact) mass is 521 g/mol. The third kappa shape index (κ3) is 4.36. The third-order valence-corrected chi connectivity index (χ3v) is 7.18. The maximum Gasteiger partial charge on any atom is 0.277 e. The van der Waals surface area contributed by atoms with Gasteiger partial charge < -0.3 is 15.3 Å². The minimum Gasteiger partial charge on any atom is -0.507 e. The van der Waals surface area contributed by atoms with Gasteiger partial charge in [-0.25, -0.2) is 0 Å². The average molecular weight is 522 g/mol. The fraction of sp³-hybridized carbons (Fsp3) is 0.107. The van der Waals surface area contributed by atoms with E-state index in [2.05, 4.69) is 10.4 Å². The molecule has 2 N–H and O–H groups in total. The minimum atomic E-state index is -0.547. The summed E-state index contributed by atoms with van der Waals surface area (Å²) in [5.41, 5.74) is 2.29. The zero-order chi connectivity index (χ0) is 27.0. The van der Waals surface area contributed by atoms with E-state index < -0.39 is 11.1 Å². The Balaban J connectivity index is 1.44. The number of ketones is 1. The second kappa shape index (κ2) is 9.46. The molecule has 10 heteroatoms. The number of nitrogens with one attached hydrogen (secondary N) is 1. The highest BCUT2D eigenvalue weighted by Crippen LogP contribution is 2.32. The highest BCUT2D eigenvalue weighted by atomic mass is 28.1. The molecule has 0 spiro atoms. The largest absolute Gasteiger partial charge is 0.507 e. The van der Waals surface area contributed by atoms with Crippen LogP contribution in [-0.4, -0.2) is 47.9 Å². The lowest BCUT2D eigenvalue weighted by Crippen LogP contribution is -2.58. The van der Waals surface area contributed by atoms with E-state index in [1.165, 1.54) is 12.3 Å². The normalized spacial score (nSPS) is 16.5. The molecule has 0 aliphatic carbocycles. The number of aromatic hydroxyl groups is 1. The van der Waals surface area contributed by atoms with E-state index in [0.29, 0.717) is 39.3 Å². The molecular weight excluding hydrogens is 498 g/mol. The molecule has 0 bridgehead atoms. The highest BCUT2D eigenvalue weighted by molar-refractivity contribution is 6.25. The summed E-state index contributed by atoms with van der Waals surface area (Å²) >= 11 is 0. The Labute approximate surface area is 221 Å². The number of hydrogen-bond acceptors (Lipinski definition) is 6. The van der Waals surface area contributed by atoms with Gasteiger partial charge in [-0.05, 0) is 61.5 Å². The van der Waals surface area contributed by atoms with Crippen molar-refractivity contribution in [3.63, 3.8) is 0 Å². The molecule has 38 heavy (non-hydrogen) atoms. The summed E-state index contributed by atoms with van der Waals surface area (Å²) in [6.45, 7) is 2.35. The Bertz CT molecular complexity index is 1640. The number of hydrogen-bond donors (Lipinski definition) is 2. The van der Waals surface area contributed by atoms with Crippen LogP contribution in [0.25, 0.3) is 0 Å². The van der Waals surface area contributed by atoms with Crippen LogP contribution in [-0.2, 0) is 6.54 Å². The van der Waals surface area contributed by atoms with Crippen LogP contribution in [0.3, 0.4) is 0 Å². The summed E-state index contributed by atoms with van der Waals surface area (Å²) in [5.74, 6) is -1.30. The van der Waals surface area contributed by atoms with Gasteiger partial charge in [0.2, 0.25) is 0 Å². The number of aromatic nitrogens is 2. The number of phenols is 1. The Hall–Kier alpha value is -5.01. The van der Waals surface area contributed by atoms with E-state index in [0.717, 1.165) is 0 Å². The van der Waals surface area contributed by atoms with E-state index in [9.17, 15) is 19.5 Å². The standard InChI is InChI=1S/C28H23N5O4Si/c1-28(38)16-32-24(22(15-30-32)26(36)31-19-6-4-5-17(13-19)14-29)27(37)33(28)20-11-9-18(10-12-20)25(35)21-7-2-3-8-23(21)34/h2-13,15,34H,16H2,1,38H3,(H,31,36)/t28-/m0/s1. The first-order chi connectivity index (χ1) is 18.2. The molecule has 3 aromatic carbocycles. The summed E-state index contributed by atoms with van der Waals surface area (Å²) in [5, 5.41) is 25.7. The molecule has 5 rings (SSSR count). The topological polar surface area (TPSA) is 128 Å². The van der Waals surface area contributed by atoms with E-state index in [-0.39, 0.29) is 34.3 Å². The summed E-state index contributed by atoms with van der Waals surface area (Å²) in [6, 6.07) is 21.5. The van der Waals surface area contributed by atoms with Crippen molar-refractivity contribution in [2.75, 3.05) is 10.2 Å². The molecule has 0 radical (unpaired) electrons. The van der Waals surface area contributed by atoms with Gasteiger partial charge in [0.25, 0.3) is 11.8 Å². The number of amides is 2. The summed E-state index contributed by atoms with van der Waals surface area (Å²) in [6.07, 6.45) is 1.38. The molecule has 188 valence electrons. The van der Waals surface area contributed by atoms with E-state index in [1.807, 2.05) is 13.0 Å². The SMILES string of the molecule is C[C@]1([SiH3])Cn2ncc(C(=O)Nc3cccc(C#N)c3)c2C(=O)N1c1ccc(C(=O)c2ccccc2O)cc1. The van der Waals surface area contributed by atoms with Crippen LogP contribution in [0.2, 0.25) is 0 Å². The number of rotatable bonds is 5. The average Bonchev–Trinajstić information content (AvgIpc) is 3.32. The molecule has 2 heterocycles. The van der Waals surface area contributed by atoms with Crippen molar-refractivity contribution in [2.45, 2.75) is 18.6 Å². The first kappa shape index (κ1) is 24.7. The molecule has 1 aliphatic heterocycles. The molecule has 4 aromatic rings. The molecule has 0 saturated heterocycles. The highest BCUT2D eigenvalue weighted by Gasteiger charge is 2.42. The van der Waals surface area contributed by atoms with Gasteiger partial charge >= 0.3 is 0 Å². The van der Waals surface area contributed by atoms with Gasteiger partial charge in [-0.15, -0.1) is 0 Å². The molecule has 9 nitrogen and oxygen atoms in total. The number of nitrogens with zero attached hydrogens (tertiary/aromatic N) is 4. The fourth-order valence-corrected chi connectivity index (χ4v) is 5.39. The quantitative estimate of drug-likeness (QED) is 0.307. The number of carbonyl (C=O) groups excluding carboxylic acids is 3. The number of anilines is 2. The van der Waals surface area contributed by atoms with Gasteiger partial charge in [0.15, 0.2) is 5.78 Å². The molecule has 0 unspecified atom stereocenters. The molecule has 0 saturated carbocycles. The summed E-state index contributed by atoms with van der Waals surface area (Å²) < 4.78 is 1.56. The fourth-order valence-electron chi connectivity index (χ4n) is 4.63. The second-order valence-electron chi connectivity index (χ2n) is 9.56. The van der Waals surface area contributed by atoms with Crippen molar-refractivity contribution in [1.29, 1.82) is 5.26 Å². The summed E-state index contributed by atoms with van der Waals surface area (Å²) in [7, 11) is 0.607. The molecular formula is C28H23N5O4Si. The smallest absolute Gasteiger partial charge is 0.277 e. The second-order valence-corrected chi connectivity index (χ2v) is 11.7. The zero-order valence-electron chi connectivity index (χ0n) is 20.7. The van der Waals surface area contributed by atoms with Crippen molar-refractivity contribution in [3.05, 3.63) is 107 Å². The van der Waals surface area contributed by atoms with Crippen LogP contribution in [0.5, 0.6) is 5.75 Å². The Morgan fingerprint density at radius 3 is 2.53 bits per heavy atom. The van der Waals surface area contributed by atoms with Gasteiger partial charge in [-0.2, -0.15) is 10.4 Å². The molecule has 1 aliphatic rings. The van der Waals surface area contributed by atoms with Gasteiger partial charge in [0.1, 0.15) is 11.4 Å². The number of phenolic OH excluding ortho intramolecular Hbond substituents is 1. The van der Waals surface area contributed by atoms with Crippen LogP contribution >= 0.6 is 0 Å². The lowest BCUT2D eigenvalue weighted by molar-refractivity contribution is 0.0924. The molecule has 0 fully saturated rings. The molecule has 1 aromatic heterocycles. The predicted molar refractivity (Wildman–Crippen MR) is 144 cm³/mol. The maximum atomic E-state index is 13.8. The lowest BCUT2D eigenvalue weighted by atomic mass is 10.0. The van der Waals surface area contributed by atoms with Crippen LogP contribution in [0.15, 0.2) is 79.0 Å². The maximum absolute atomic E-state index is 13.8. The van der Waals surface area contributed by atoms with E-state index in [4.69, 9.17) is 5.26 Å². The number of benzene rings is 3. The van der Waals surface area contributed by atoms with Crippen molar-refractivity contribution in [1.82, 2.24) is 9.78 Å². The van der Waals surface area contributed by atoms with E-state index in [1.54, 1.807) is 76.3 Å².